The van der Waals surface area contributed by atoms with Crippen LogP contribution in [-0.4, -0.2) is 33.3 Å². The average Bonchev–Trinajstić information content (AvgIpc) is 3.23. The second kappa shape index (κ2) is 7.84. The Hall–Kier alpha value is -3.92. The van der Waals surface area contributed by atoms with Crippen LogP contribution in [0.5, 0.6) is 0 Å². The van der Waals surface area contributed by atoms with Crippen molar-refractivity contribution in [1.29, 1.82) is 5.26 Å². The van der Waals surface area contributed by atoms with Gasteiger partial charge in [0.25, 0.3) is 10.0 Å². The molecule has 0 bridgehead atoms. The van der Waals surface area contributed by atoms with Gasteiger partial charge >= 0.3 is 0 Å². The molecule has 0 aliphatic heterocycles. The van der Waals surface area contributed by atoms with E-state index in [0.29, 0.717) is 33.8 Å². The molecule has 0 unspecified atom stereocenters. The van der Waals surface area contributed by atoms with Crippen molar-refractivity contribution in [3.8, 4) is 17.3 Å². The molecule has 0 aliphatic rings. The lowest BCUT2D eigenvalue weighted by Gasteiger charge is -2.13. The van der Waals surface area contributed by atoms with Gasteiger partial charge in [-0.1, -0.05) is 4.89 Å². The number of nitrogens with one attached hydrogen (secondary N) is 3. The monoisotopic (exact) mass is 422 g/mol. The van der Waals surface area contributed by atoms with E-state index in [2.05, 4.69) is 30.4 Å². The third-order valence-electron chi connectivity index (χ3n) is 4.08. The van der Waals surface area contributed by atoms with Gasteiger partial charge in [-0.15, -0.1) is 0 Å². The third kappa shape index (κ3) is 3.80. The van der Waals surface area contributed by atoms with Gasteiger partial charge in [-0.3, -0.25) is 0 Å². The molecule has 0 saturated carbocycles. The Balaban J connectivity index is 1.63. The third-order valence-corrected chi connectivity index (χ3v) is 5.16. The fourth-order valence-corrected chi connectivity index (χ4v) is 3.43. The Morgan fingerprint density at radius 2 is 2.00 bits per heavy atom. The van der Waals surface area contributed by atoms with Gasteiger partial charge in [-0.25, -0.2) is 33.8 Å². The van der Waals surface area contributed by atoms with Gasteiger partial charge in [0.2, 0.25) is 0 Å². The molecular weight excluding hydrogens is 408 g/mol. The maximum atomic E-state index is 12.4. The van der Waals surface area contributed by atoms with Gasteiger partial charge < -0.3 is 4.98 Å². The van der Waals surface area contributed by atoms with Gasteiger partial charge in [0, 0.05) is 35.7 Å². The molecule has 0 amide bonds. The van der Waals surface area contributed by atoms with Crippen molar-refractivity contribution >= 4 is 26.7 Å². The lowest BCUT2D eigenvalue weighted by atomic mass is 10.1. The standard InChI is InChI=1S/C18H14N8O3S/c1-11-20-7-4-15(24-11)14-10-23-18-13(3-6-22-18)17(14)25-29-26-30(27,28)16-8-12(9-19)2-5-21-16/h2-8,10,26H,1H3,(H2,22,23,25). The summed E-state index contributed by atoms with van der Waals surface area (Å²) in [5, 5.41) is 9.24. The summed E-state index contributed by atoms with van der Waals surface area (Å²) in [6, 6.07) is 7.86. The normalized spacial score (nSPS) is 11.3. The number of hydrogen-bond acceptors (Lipinski definition) is 9. The molecule has 4 aromatic heterocycles. The fourth-order valence-electron chi connectivity index (χ4n) is 2.71. The van der Waals surface area contributed by atoms with Crippen LogP contribution in [0.3, 0.4) is 0 Å². The Labute approximate surface area is 170 Å². The Morgan fingerprint density at radius 1 is 1.17 bits per heavy atom. The number of sulfonamides is 1. The van der Waals surface area contributed by atoms with Crippen LogP contribution in [0.2, 0.25) is 0 Å². The Morgan fingerprint density at radius 3 is 2.80 bits per heavy atom. The number of hydrogen-bond donors (Lipinski definition) is 3. The van der Waals surface area contributed by atoms with Gasteiger partial charge in [-0.05, 0) is 31.2 Å². The molecule has 0 atom stereocenters. The number of aromatic amines is 1. The van der Waals surface area contributed by atoms with E-state index in [4.69, 9.17) is 10.2 Å². The minimum absolute atomic E-state index is 0.155. The summed E-state index contributed by atoms with van der Waals surface area (Å²) in [5.41, 5.74) is 4.94. The predicted molar refractivity (Wildman–Crippen MR) is 106 cm³/mol. The number of rotatable bonds is 6. The molecule has 0 aliphatic carbocycles. The molecule has 3 N–H and O–H groups in total. The zero-order valence-electron chi connectivity index (χ0n) is 15.5. The lowest BCUT2D eigenvalue weighted by molar-refractivity contribution is 0.149. The number of aromatic nitrogens is 5. The van der Waals surface area contributed by atoms with E-state index in [1.165, 1.54) is 12.3 Å². The van der Waals surface area contributed by atoms with Gasteiger partial charge in [0.05, 0.1) is 23.0 Å². The quantitative estimate of drug-likeness (QED) is 0.394. The maximum Gasteiger partial charge on any atom is 0.281 e. The molecule has 4 rings (SSSR count). The number of aryl methyl sites for hydroxylation is 1. The summed E-state index contributed by atoms with van der Waals surface area (Å²) >= 11 is 0. The highest BCUT2D eigenvalue weighted by Gasteiger charge is 2.18. The van der Waals surface area contributed by atoms with Crippen LogP contribution in [0.1, 0.15) is 11.4 Å². The van der Waals surface area contributed by atoms with E-state index < -0.39 is 10.0 Å². The van der Waals surface area contributed by atoms with Crippen LogP contribution in [0.4, 0.5) is 5.69 Å². The minimum atomic E-state index is -4.13. The number of nitriles is 1. The van der Waals surface area contributed by atoms with E-state index in [0.717, 1.165) is 6.07 Å². The van der Waals surface area contributed by atoms with Crippen molar-refractivity contribution in [2.24, 2.45) is 0 Å². The van der Waals surface area contributed by atoms with Gasteiger partial charge in [0.1, 0.15) is 11.5 Å². The minimum Gasteiger partial charge on any atom is -0.346 e. The summed E-state index contributed by atoms with van der Waals surface area (Å²) < 4.78 is 24.8. The van der Waals surface area contributed by atoms with Crippen LogP contribution in [0, 0.1) is 18.3 Å². The number of anilines is 1. The first-order chi connectivity index (χ1) is 14.5. The first-order valence-electron chi connectivity index (χ1n) is 8.54. The van der Waals surface area contributed by atoms with Crippen LogP contribution < -0.4 is 10.4 Å². The zero-order chi connectivity index (χ0) is 21.1. The molecule has 0 spiro atoms. The number of fused-ring (bicyclic) bond motifs is 1. The van der Waals surface area contributed by atoms with E-state index in [1.807, 2.05) is 11.0 Å². The highest BCUT2D eigenvalue weighted by atomic mass is 32.2. The number of pyridine rings is 2. The Bertz CT molecular complexity index is 1380. The van der Waals surface area contributed by atoms with E-state index >= 15 is 0 Å². The van der Waals surface area contributed by atoms with Gasteiger partial charge in [0.15, 0.2) is 5.03 Å². The van der Waals surface area contributed by atoms with E-state index in [9.17, 15) is 8.42 Å². The summed E-state index contributed by atoms with van der Waals surface area (Å²) in [6.07, 6.45) is 6.11. The summed E-state index contributed by atoms with van der Waals surface area (Å²) in [6.45, 7) is 1.76. The smallest absolute Gasteiger partial charge is 0.281 e. The molecule has 0 radical (unpaired) electrons. The van der Waals surface area contributed by atoms with E-state index in [-0.39, 0.29) is 10.6 Å². The molecule has 30 heavy (non-hydrogen) atoms. The zero-order valence-corrected chi connectivity index (χ0v) is 16.3. The second-order valence-electron chi connectivity index (χ2n) is 6.06. The Kier molecular flexibility index (Phi) is 5.07. The first kappa shape index (κ1) is 19.4. The second-order valence-corrected chi connectivity index (χ2v) is 7.65. The fraction of sp³-hybridized carbons (Fsp3) is 0.0556. The molecule has 150 valence electrons. The van der Waals surface area contributed by atoms with Gasteiger partial charge in [-0.2, -0.15) is 10.2 Å². The van der Waals surface area contributed by atoms with E-state index in [1.54, 1.807) is 37.6 Å². The van der Waals surface area contributed by atoms with Crippen molar-refractivity contribution < 1.29 is 13.4 Å². The van der Waals surface area contributed by atoms with Crippen LogP contribution in [0.15, 0.2) is 54.1 Å². The van der Waals surface area contributed by atoms with Crippen molar-refractivity contribution in [3.05, 3.63) is 60.4 Å². The maximum absolute atomic E-state index is 12.4. The van der Waals surface area contributed by atoms with Crippen LogP contribution in [0.25, 0.3) is 22.3 Å². The van der Waals surface area contributed by atoms with Crippen molar-refractivity contribution in [2.45, 2.75) is 11.9 Å². The summed E-state index contributed by atoms with van der Waals surface area (Å²) in [4.78, 5) is 26.6. The molecule has 0 aromatic carbocycles. The molecule has 11 nitrogen and oxygen atoms in total. The van der Waals surface area contributed by atoms with Crippen molar-refractivity contribution in [3.63, 3.8) is 0 Å². The van der Waals surface area contributed by atoms with Crippen molar-refractivity contribution in [1.82, 2.24) is 29.8 Å². The summed E-state index contributed by atoms with van der Waals surface area (Å²) in [5.74, 6) is 0.567. The SMILES string of the molecule is Cc1nccc(-c2cnc3[nH]ccc3c2NONS(=O)(=O)c2cc(C#N)ccn2)n1. The topological polar surface area (TPSA) is 159 Å². The lowest BCUT2D eigenvalue weighted by Crippen LogP contribution is -2.27. The highest BCUT2D eigenvalue weighted by molar-refractivity contribution is 7.89. The molecule has 12 heteroatoms. The first-order valence-corrected chi connectivity index (χ1v) is 10.0. The number of H-pyrrole nitrogens is 1. The highest BCUT2D eigenvalue weighted by Crippen LogP contribution is 2.32. The largest absolute Gasteiger partial charge is 0.346 e. The predicted octanol–water partition coefficient (Wildman–Crippen LogP) is 1.83. The molecule has 0 saturated heterocycles. The molecule has 4 heterocycles. The molecule has 0 fully saturated rings. The average molecular weight is 422 g/mol. The summed E-state index contributed by atoms with van der Waals surface area (Å²) in [7, 11) is -4.13. The molecule has 4 aromatic rings. The molecular formula is C18H14N8O3S. The number of nitrogens with zero attached hydrogens (tertiary/aromatic N) is 5. The van der Waals surface area contributed by atoms with Crippen LogP contribution >= 0.6 is 0 Å². The van der Waals surface area contributed by atoms with Crippen LogP contribution in [-0.2, 0) is 15.0 Å². The van der Waals surface area contributed by atoms with Crippen molar-refractivity contribution in [2.75, 3.05) is 5.48 Å².